The number of carbonyl (C=O) groups is 1. The van der Waals surface area contributed by atoms with E-state index in [2.05, 4.69) is 20.9 Å². The average molecular weight is 429 g/mol. The molecule has 1 N–H and O–H groups in total. The molecule has 2 aromatic heterocycles. The molecule has 0 spiro atoms. The minimum absolute atomic E-state index is 0.0105. The molecular weight excluding hydrogens is 412 g/mol. The fraction of sp³-hybridized carbons (Fsp3) is 0.200. The van der Waals surface area contributed by atoms with Crippen molar-refractivity contribution in [3.63, 3.8) is 0 Å². The maximum absolute atomic E-state index is 13.0. The van der Waals surface area contributed by atoms with Gasteiger partial charge in [0, 0.05) is 11.0 Å². The maximum atomic E-state index is 13.0. The molecule has 1 aliphatic rings. The van der Waals surface area contributed by atoms with Crippen molar-refractivity contribution in [2.45, 2.75) is 18.9 Å². The summed E-state index contributed by atoms with van der Waals surface area (Å²) in [6.45, 7) is 0.669. The summed E-state index contributed by atoms with van der Waals surface area (Å²) < 4.78 is 0.993. The Hall–Kier alpha value is -2.18. The van der Waals surface area contributed by atoms with Gasteiger partial charge in [-0.1, -0.05) is 34.1 Å². The Morgan fingerprint density at radius 3 is 2.81 bits per heavy atom. The number of rotatable bonds is 3. The Morgan fingerprint density at radius 2 is 2.08 bits per heavy atom. The minimum Gasteiger partial charge on any atom is -0.331 e. The minimum atomic E-state index is -0.333. The van der Waals surface area contributed by atoms with Crippen LogP contribution in [0.2, 0.25) is 0 Å². The lowest BCUT2D eigenvalue weighted by Crippen LogP contribution is -2.34. The van der Waals surface area contributed by atoms with Crippen molar-refractivity contribution >= 4 is 33.2 Å². The smallest absolute Gasteiger partial charge is 0.261 e. The number of H-pyrrole nitrogens is 1. The zero-order chi connectivity index (χ0) is 18.1. The third kappa shape index (κ3) is 3.27. The quantitative estimate of drug-likeness (QED) is 0.648. The van der Waals surface area contributed by atoms with Crippen molar-refractivity contribution in [1.29, 1.82) is 0 Å². The van der Waals surface area contributed by atoms with Crippen LogP contribution < -0.4 is 5.56 Å². The first-order valence-corrected chi connectivity index (χ1v) is 10.1. The first-order valence-electron chi connectivity index (χ1n) is 8.47. The second-order valence-corrected chi connectivity index (χ2v) is 8.17. The van der Waals surface area contributed by atoms with Crippen LogP contribution in [0.1, 0.15) is 34.8 Å². The highest BCUT2D eigenvalue weighted by molar-refractivity contribution is 9.10. The standard InChI is InChI=1S/C20H17BrN2O2S/c21-14-5-1-4-13(12-14)17-6-2-10-23(17)20(25)15-8-9-16(22-19(15)24)18-7-3-11-26-18/h1,3-5,7-9,11-12,17H,2,6,10H2,(H,22,24). The summed E-state index contributed by atoms with van der Waals surface area (Å²) in [5, 5.41) is 1.96. The van der Waals surface area contributed by atoms with Gasteiger partial charge in [-0.25, -0.2) is 0 Å². The Bertz CT molecular complexity index is 997. The number of halogens is 1. The molecule has 3 aromatic rings. The van der Waals surface area contributed by atoms with E-state index in [-0.39, 0.29) is 23.1 Å². The lowest BCUT2D eigenvalue weighted by molar-refractivity contribution is 0.0734. The summed E-state index contributed by atoms with van der Waals surface area (Å²) >= 11 is 5.05. The van der Waals surface area contributed by atoms with Crippen molar-refractivity contribution in [2.75, 3.05) is 6.54 Å². The Labute approximate surface area is 163 Å². The molecule has 1 amide bonds. The molecule has 1 fully saturated rings. The van der Waals surface area contributed by atoms with Gasteiger partial charge in [0.05, 0.1) is 16.6 Å². The number of hydrogen-bond acceptors (Lipinski definition) is 3. The molecule has 3 heterocycles. The Balaban J connectivity index is 1.63. The first kappa shape index (κ1) is 17.2. The van der Waals surface area contributed by atoms with E-state index in [9.17, 15) is 9.59 Å². The fourth-order valence-corrected chi connectivity index (χ4v) is 4.57. The lowest BCUT2D eigenvalue weighted by atomic mass is 10.0. The third-order valence-electron chi connectivity index (χ3n) is 4.67. The summed E-state index contributed by atoms with van der Waals surface area (Å²) in [6, 6.07) is 15.4. The highest BCUT2D eigenvalue weighted by Gasteiger charge is 2.31. The largest absolute Gasteiger partial charge is 0.331 e. The van der Waals surface area contributed by atoms with E-state index in [0.29, 0.717) is 6.54 Å². The molecule has 6 heteroatoms. The van der Waals surface area contributed by atoms with Crippen molar-refractivity contribution in [1.82, 2.24) is 9.88 Å². The topological polar surface area (TPSA) is 53.2 Å². The number of nitrogens with one attached hydrogen (secondary N) is 1. The van der Waals surface area contributed by atoms with E-state index in [0.717, 1.165) is 33.4 Å². The lowest BCUT2D eigenvalue weighted by Gasteiger charge is -2.25. The van der Waals surface area contributed by atoms with Crippen LogP contribution in [0.25, 0.3) is 10.6 Å². The van der Waals surface area contributed by atoms with Crippen LogP contribution in [0.15, 0.2) is 63.2 Å². The van der Waals surface area contributed by atoms with E-state index >= 15 is 0 Å². The van der Waals surface area contributed by atoms with Gasteiger partial charge in [-0.3, -0.25) is 9.59 Å². The number of aromatic amines is 1. The van der Waals surface area contributed by atoms with Crippen LogP contribution >= 0.6 is 27.3 Å². The van der Waals surface area contributed by atoms with Crippen molar-refractivity contribution in [3.8, 4) is 10.6 Å². The molecule has 1 atom stereocenters. The number of hydrogen-bond donors (Lipinski definition) is 1. The average Bonchev–Trinajstić information content (AvgIpc) is 3.33. The molecule has 4 nitrogen and oxygen atoms in total. The van der Waals surface area contributed by atoms with Crippen LogP contribution in [-0.4, -0.2) is 22.3 Å². The van der Waals surface area contributed by atoms with Gasteiger partial charge in [-0.15, -0.1) is 11.3 Å². The number of benzene rings is 1. The van der Waals surface area contributed by atoms with E-state index in [1.807, 2.05) is 52.7 Å². The normalized spacial score (nSPS) is 16.8. The zero-order valence-corrected chi connectivity index (χ0v) is 16.3. The second kappa shape index (κ2) is 7.21. The number of carbonyl (C=O) groups excluding carboxylic acids is 1. The van der Waals surface area contributed by atoms with Crippen molar-refractivity contribution < 1.29 is 4.79 Å². The summed E-state index contributed by atoms with van der Waals surface area (Å²) in [6.07, 6.45) is 1.85. The molecule has 1 saturated heterocycles. The van der Waals surface area contributed by atoms with Crippen LogP contribution in [0.4, 0.5) is 0 Å². The number of nitrogens with zero attached hydrogens (tertiary/aromatic N) is 1. The molecule has 0 bridgehead atoms. The van der Waals surface area contributed by atoms with Gasteiger partial charge in [-0.05, 0) is 54.1 Å². The van der Waals surface area contributed by atoms with Crippen LogP contribution in [0, 0.1) is 0 Å². The molecular formula is C20H17BrN2O2S. The van der Waals surface area contributed by atoms with Gasteiger partial charge < -0.3 is 9.88 Å². The van der Waals surface area contributed by atoms with Gasteiger partial charge >= 0.3 is 0 Å². The fourth-order valence-electron chi connectivity index (χ4n) is 3.44. The van der Waals surface area contributed by atoms with Gasteiger partial charge in [0.2, 0.25) is 0 Å². The van der Waals surface area contributed by atoms with E-state index in [4.69, 9.17) is 0 Å². The summed E-state index contributed by atoms with van der Waals surface area (Å²) in [4.78, 5) is 31.2. The molecule has 4 rings (SSSR count). The molecule has 26 heavy (non-hydrogen) atoms. The zero-order valence-electron chi connectivity index (χ0n) is 13.9. The number of pyridine rings is 1. The number of likely N-dealkylation sites (tertiary alicyclic amines) is 1. The maximum Gasteiger partial charge on any atom is 0.261 e. The molecule has 132 valence electrons. The van der Waals surface area contributed by atoms with Crippen LogP contribution in [0.5, 0.6) is 0 Å². The van der Waals surface area contributed by atoms with Crippen molar-refractivity contribution in [2.24, 2.45) is 0 Å². The van der Waals surface area contributed by atoms with Gasteiger partial charge in [0.15, 0.2) is 0 Å². The monoisotopic (exact) mass is 428 g/mol. The second-order valence-electron chi connectivity index (χ2n) is 6.30. The third-order valence-corrected chi connectivity index (χ3v) is 6.07. The van der Waals surface area contributed by atoms with E-state index in [1.54, 1.807) is 17.4 Å². The predicted octanol–water partition coefficient (Wildman–Crippen LogP) is 4.84. The number of amides is 1. The van der Waals surface area contributed by atoms with Gasteiger partial charge in [-0.2, -0.15) is 0 Å². The highest BCUT2D eigenvalue weighted by Crippen LogP contribution is 2.34. The van der Waals surface area contributed by atoms with Gasteiger partial charge in [0.25, 0.3) is 11.5 Å². The van der Waals surface area contributed by atoms with Crippen molar-refractivity contribution in [3.05, 3.63) is 79.9 Å². The Kier molecular flexibility index (Phi) is 4.78. The molecule has 1 unspecified atom stereocenters. The first-order chi connectivity index (χ1) is 12.6. The predicted molar refractivity (Wildman–Crippen MR) is 108 cm³/mol. The molecule has 1 aliphatic heterocycles. The SMILES string of the molecule is O=C(c1ccc(-c2cccs2)[nH]c1=O)N1CCCC1c1cccc(Br)c1. The Morgan fingerprint density at radius 1 is 1.19 bits per heavy atom. The molecule has 0 aliphatic carbocycles. The number of aromatic nitrogens is 1. The molecule has 0 saturated carbocycles. The summed E-state index contributed by atoms with van der Waals surface area (Å²) in [5.41, 5.74) is 1.70. The number of thiophene rings is 1. The van der Waals surface area contributed by atoms with E-state index in [1.165, 1.54) is 0 Å². The van der Waals surface area contributed by atoms with Crippen LogP contribution in [0.3, 0.4) is 0 Å². The van der Waals surface area contributed by atoms with Gasteiger partial charge in [0.1, 0.15) is 5.56 Å². The van der Waals surface area contributed by atoms with Crippen LogP contribution in [-0.2, 0) is 0 Å². The highest BCUT2D eigenvalue weighted by atomic mass is 79.9. The summed E-state index contributed by atoms with van der Waals surface area (Å²) in [5.74, 6) is -0.202. The van der Waals surface area contributed by atoms with E-state index < -0.39 is 0 Å². The molecule has 0 radical (unpaired) electrons. The summed E-state index contributed by atoms with van der Waals surface area (Å²) in [7, 11) is 0. The molecule has 1 aromatic carbocycles.